The van der Waals surface area contributed by atoms with Gasteiger partial charge in [-0.15, -0.1) is 9.36 Å². The quantitative estimate of drug-likeness (QED) is 0.702. The van der Waals surface area contributed by atoms with Gasteiger partial charge in [-0.05, 0) is 37.0 Å². The summed E-state index contributed by atoms with van der Waals surface area (Å²) in [7, 11) is 2.16. The molecule has 2 aromatic rings. The molecule has 1 aromatic carbocycles. The second kappa shape index (κ2) is 4.47. The van der Waals surface area contributed by atoms with Gasteiger partial charge in [-0.1, -0.05) is 46.8 Å². The number of fused-ring (bicyclic) bond motifs is 3. The van der Waals surface area contributed by atoms with Gasteiger partial charge in [0.2, 0.25) is 0 Å². The molecule has 0 radical (unpaired) electrons. The van der Waals surface area contributed by atoms with Gasteiger partial charge in [0.05, 0.1) is 5.69 Å². The molecule has 0 atom stereocenters. The van der Waals surface area contributed by atoms with Crippen LogP contribution in [0.4, 0.5) is 0 Å². The van der Waals surface area contributed by atoms with Crippen molar-refractivity contribution in [2.75, 3.05) is 0 Å². The van der Waals surface area contributed by atoms with E-state index in [1.54, 1.807) is 0 Å². The Morgan fingerprint density at radius 1 is 1.05 bits per heavy atom. The highest BCUT2D eigenvalue weighted by molar-refractivity contribution is 5.59. The lowest BCUT2D eigenvalue weighted by molar-refractivity contribution is -0.745. The Balaban J connectivity index is 2.51. The summed E-state index contributed by atoms with van der Waals surface area (Å²) in [6.45, 7) is 16.3. The molecule has 0 spiro atoms. The van der Waals surface area contributed by atoms with Crippen molar-refractivity contribution in [1.29, 1.82) is 0 Å². The molecule has 0 fully saturated rings. The van der Waals surface area contributed by atoms with Gasteiger partial charge < -0.3 is 0 Å². The van der Waals surface area contributed by atoms with Crippen molar-refractivity contribution in [3.05, 3.63) is 46.3 Å². The maximum absolute atomic E-state index is 2.45. The molecule has 0 unspecified atom stereocenters. The molecule has 1 aliphatic heterocycles. The Hall–Kier alpha value is -1.57. The zero-order valence-corrected chi connectivity index (χ0v) is 15.3. The summed E-state index contributed by atoms with van der Waals surface area (Å²) in [6.07, 6.45) is 3.35. The van der Waals surface area contributed by atoms with Crippen LogP contribution in [-0.4, -0.2) is 4.68 Å². The van der Waals surface area contributed by atoms with E-state index in [1.807, 2.05) is 0 Å². The van der Waals surface area contributed by atoms with Crippen LogP contribution in [0.2, 0.25) is 0 Å². The van der Waals surface area contributed by atoms with Gasteiger partial charge in [0.1, 0.15) is 5.69 Å². The van der Waals surface area contributed by atoms with Gasteiger partial charge in [-0.2, -0.15) is 0 Å². The molecule has 0 saturated heterocycles. The average Bonchev–Trinajstić information content (AvgIpc) is 2.72. The van der Waals surface area contributed by atoms with Crippen molar-refractivity contribution < 1.29 is 4.68 Å². The fraction of sp³-hybridized carbons (Fsp3) is 0.550. The van der Waals surface area contributed by atoms with Gasteiger partial charge in [0, 0.05) is 16.4 Å². The predicted molar refractivity (Wildman–Crippen MR) is 91.8 cm³/mol. The summed E-state index contributed by atoms with van der Waals surface area (Å²) in [5.41, 5.74) is 8.76. The standard InChI is InChI=1S/C20H29N2/c1-9-15-10-11-16-17(14(15)3)22-18(13(2)12-21(22)8)20(6,7)19(16,4)5/h10-12H,9H2,1-8H3/q+1. The third-order valence-corrected chi connectivity index (χ3v) is 6.25. The second-order valence-corrected chi connectivity index (χ2v) is 7.90. The predicted octanol–water partition coefficient (Wildman–Crippen LogP) is 4.05. The molecule has 1 aromatic heterocycles. The summed E-state index contributed by atoms with van der Waals surface area (Å²) < 4.78 is 4.71. The summed E-state index contributed by atoms with van der Waals surface area (Å²) in [5, 5.41) is 0. The molecular weight excluding hydrogens is 268 g/mol. The van der Waals surface area contributed by atoms with Gasteiger partial charge in [-0.3, -0.25) is 0 Å². The zero-order chi connectivity index (χ0) is 16.4. The fourth-order valence-corrected chi connectivity index (χ4v) is 4.29. The molecule has 0 N–H and O–H groups in total. The van der Waals surface area contributed by atoms with E-state index in [0.29, 0.717) is 0 Å². The van der Waals surface area contributed by atoms with Gasteiger partial charge in [0.15, 0.2) is 13.2 Å². The highest BCUT2D eigenvalue weighted by Crippen LogP contribution is 2.51. The minimum absolute atomic E-state index is 0.0888. The first kappa shape index (κ1) is 15.3. The number of aryl methyl sites for hydroxylation is 3. The molecule has 1 aliphatic rings. The normalized spacial score (nSPS) is 18.0. The molecule has 2 heterocycles. The van der Waals surface area contributed by atoms with E-state index in [0.717, 1.165) is 6.42 Å². The third kappa shape index (κ3) is 1.64. The van der Waals surface area contributed by atoms with Crippen molar-refractivity contribution in [1.82, 2.24) is 4.68 Å². The van der Waals surface area contributed by atoms with Crippen LogP contribution in [0.1, 0.15) is 62.6 Å². The average molecular weight is 297 g/mol. The second-order valence-electron chi connectivity index (χ2n) is 7.90. The number of benzene rings is 1. The summed E-state index contributed by atoms with van der Waals surface area (Å²) >= 11 is 0. The van der Waals surface area contributed by atoms with Gasteiger partial charge in [0.25, 0.3) is 0 Å². The van der Waals surface area contributed by atoms with Crippen LogP contribution < -0.4 is 4.68 Å². The first-order valence-corrected chi connectivity index (χ1v) is 8.36. The lowest BCUT2D eigenvalue weighted by Crippen LogP contribution is -2.51. The molecule has 2 heteroatoms. The molecule has 118 valence electrons. The largest absolute Gasteiger partial charge is 0.199 e. The van der Waals surface area contributed by atoms with E-state index in [1.165, 1.54) is 33.6 Å². The highest BCUT2D eigenvalue weighted by atomic mass is 15.4. The van der Waals surface area contributed by atoms with Crippen LogP contribution in [0, 0.1) is 13.8 Å². The van der Waals surface area contributed by atoms with Crippen LogP contribution in [0.3, 0.4) is 0 Å². The number of rotatable bonds is 1. The minimum atomic E-state index is 0.0888. The number of hydrogen-bond donors (Lipinski definition) is 0. The highest BCUT2D eigenvalue weighted by Gasteiger charge is 2.50. The number of aromatic nitrogens is 2. The monoisotopic (exact) mass is 297 g/mol. The number of hydrogen-bond acceptors (Lipinski definition) is 0. The summed E-state index contributed by atoms with van der Waals surface area (Å²) in [4.78, 5) is 0. The molecule has 2 nitrogen and oxygen atoms in total. The van der Waals surface area contributed by atoms with Crippen molar-refractivity contribution in [2.45, 2.75) is 65.7 Å². The van der Waals surface area contributed by atoms with Crippen LogP contribution >= 0.6 is 0 Å². The molecule has 0 bridgehead atoms. The zero-order valence-electron chi connectivity index (χ0n) is 15.3. The third-order valence-electron chi connectivity index (χ3n) is 6.25. The maximum atomic E-state index is 2.45. The Morgan fingerprint density at radius 3 is 2.27 bits per heavy atom. The fourth-order valence-electron chi connectivity index (χ4n) is 4.29. The van der Waals surface area contributed by atoms with Crippen LogP contribution in [0.15, 0.2) is 18.3 Å². The minimum Gasteiger partial charge on any atom is -0.124 e. The molecule has 0 aliphatic carbocycles. The first-order valence-electron chi connectivity index (χ1n) is 8.36. The van der Waals surface area contributed by atoms with E-state index < -0.39 is 0 Å². The van der Waals surface area contributed by atoms with E-state index >= 15 is 0 Å². The Morgan fingerprint density at radius 2 is 1.68 bits per heavy atom. The molecular formula is C20H29N2+. The molecule has 3 rings (SSSR count). The Kier molecular flexibility index (Phi) is 3.11. The van der Waals surface area contributed by atoms with Crippen molar-refractivity contribution in [3.63, 3.8) is 0 Å². The summed E-state index contributed by atoms with van der Waals surface area (Å²) in [5.74, 6) is 0. The van der Waals surface area contributed by atoms with E-state index in [2.05, 4.69) is 83.2 Å². The molecule has 0 saturated carbocycles. The lowest BCUT2D eigenvalue weighted by Gasteiger charge is -2.46. The Labute approximate surface area is 134 Å². The Bertz CT molecular complexity index is 760. The first-order chi connectivity index (χ1) is 10.1. The van der Waals surface area contributed by atoms with Crippen LogP contribution in [0.5, 0.6) is 0 Å². The number of nitrogens with zero attached hydrogens (tertiary/aromatic N) is 2. The van der Waals surface area contributed by atoms with Gasteiger partial charge in [-0.25, -0.2) is 0 Å². The molecule has 0 amide bonds. The van der Waals surface area contributed by atoms with E-state index in [4.69, 9.17) is 0 Å². The molecule has 22 heavy (non-hydrogen) atoms. The van der Waals surface area contributed by atoms with Crippen molar-refractivity contribution in [3.8, 4) is 5.69 Å². The summed E-state index contributed by atoms with van der Waals surface area (Å²) in [6, 6.07) is 4.69. The van der Waals surface area contributed by atoms with Gasteiger partial charge >= 0.3 is 0 Å². The van der Waals surface area contributed by atoms with Crippen LogP contribution in [-0.2, 0) is 24.3 Å². The smallest absolute Gasteiger partial charge is 0.124 e. The van der Waals surface area contributed by atoms with E-state index in [-0.39, 0.29) is 10.8 Å². The van der Waals surface area contributed by atoms with Crippen molar-refractivity contribution in [2.24, 2.45) is 7.05 Å². The van der Waals surface area contributed by atoms with Crippen LogP contribution in [0.25, 0.3) is 5.69 Å². The topological polar surface area (TPSA) is 8.81 Å². The SMILES string of the molecule is CCc1ccc2c(c1C)-n1c(c(C)c[n+]1C)C(C)(C)C2(C)C. The van der Waals surface area contributed by atoms with E-state index in [9.17, 15) is 0 Å². The van der Waals surface area contributed by atoms with Crippen molar-refractivity contribution >= 4 is 0 Å². The lowest BCUT2D eigenvalue weighted by atomic mass is 9.59. The maximum Gasteiger partial charge on any atom is 0.199 e.